The van der Waals surface area contributed by atoms with Gasteiger partial charge < -0.3 is 29.6 Å². The first-order valence-electron chi connectivity index (χ1n) is 18.8. The largest absolute Gasteiger partial charge is 2.00 e. The van der Waals surface area contributed by atoms with Crippen LogP contribution in [-0.4, -0.2) is 17.4 Å². The second kappa shape index (κ2) is 29.6. The second-order valence-corrected chi connectivity index (χ2v) is 17.9. The van der Waals surface area contributed by atoms with E-state index in [1.165, 1.54) is 44.7 Å². The summed E-state index contributed by atoms with van der Waals surface area (Å²) in [4.78, 5) is 0. The topological polar surface area (TPSA) is 9.23 Å². The molecule has 9 rings (SSSR count). The molecular weight excluding hydrogens is 1010 g/mol. The molecule has 8 aromatic carbocycles. The van der Waals surface area contributed by atoms with Crippen molar-refractivity contribution in [1.82, 2.24) is 0 Å². The summed E-state index contributed by atoms with van der Waals surface area (Å²) in [6.07, 6.45) is 2.56. The Balaban J connectivity index is 0.000000214. The molecule has 1 aliphatic heterocycles. The molecular formula is C51H47AuFeOP2S2. The Labute approximate surface area is 386 Å². The van der Waals surface area contributed by atoms with Gasteiger partial charge in [-0.15, -0.1) is 5.56 Å². The van der Waals surface area contributed by atoms with Crippen LogP contribution in [0.1, 0.15) is 18.4 Å². The molecule has 1 fully saturated rings. The van der Waals surface area contributed by atoms with Crippen LogP contribution in [0.5, 0.6) is 0 Å². The zero-order valence-corrected chi connectivity index (χ0v) is 38.8. The van der Waals surface area contributed by atoms with Gasteiger partial charge in [-0.2, -0.15) is 34.5 Å². The minimum atomic E-state index is -0.446. The van der Waals surface area contributed by atoms with Gasteiger partial charge in [0.2, 0.25) is 0 Å². The first-order valence-corrected chi connectivity index (χ1v) is 22.3. The maximum absolute atomic E-state index is 4.94. The van der Waals surface area contributed by atoms with Crippen LogP contribution < -0.4 is 31.8 Å². The Kier molecular flexibility index (Phi) is 24.9. The summed E-state index contributed by atoms with van der Waals surface area (Å²) in [5, 5.41) is 8.39. The molecule has 298 valence electrons. The summed E-state index contributed by atoms with van der Waals surface area (Å²) in [6, 6.07) is 82.3. The normalized spacial score (nSPS) is 10.9. The molecule has 0 spiro atoms. The average Bonchev–Trinajstić information content (AvgIpc) is 4.12. The van der Waals surface area contributed by atoms with Gasteiger partial charge in [0, 0.05) is 13.2 Å². The average molecular weight is 1050 g/mol. The van der Waals surface area contributed by atoms with E-state index in [9.17, 15) is 0 Å². The summed E-state index contributed by atoms with van der Waals surface area (Å²) in [5.41, 5.74) is 0.981. The van der Waals surface area contributed by atoms with Gasteiger partial charge in [0.1, 0.15) is 0 Å². The van der Waals surface area contributed by atoms with E-state index in [1.54, 1.807) is 0 Å². The number of ether oxygens (including phenoxy) is 1. The molecule has 0 bridgehead atoms. The third kappa shape index (κ3) is 17.3. The van der Waals surface area contributed by atoms with Gasteiger partial charge in [-0.3, -0.25) is 0 Å². The molecule has 0 aromatic heterocycles. The Hall–Kier alpha value is -3.59. The van der Waals surface area contributed by atoms with Crippen LogP contribution in [0.25, 0.3) is 0 Å². The Bertz CT molecular complexity index is 1810. The van der Waals surface area contributed by atoms with Gasteiger partial charge in [-0.25, -0.2) is 24.3 Å². The molecule has 1 aliphatic rings. The van der Waals surface area contributed by atoms with E-state index >= 15 is 0 Å². The molecule has 0 N–H and O–H groups in total. The summed E-state index contributed by atoms with van der Waals surface area (Å²) in [6.45, 7) is 2.00. The smallest absolute Gasteiger partial charge is 0.441 e. The molecule has 0 radical (unpaired) electrons. The predicted molar refractivity (Wildman–Crippen MR) is 253 cm³/mol. The molecule has 1 nitrogen and oxygen atoms in total. The van der Waals surface area contributed by atoms with E-state index in [-0.39, 0.29) is 39.4 Å². The van der Waals surface area contributed by atoms with Crippen LogP contribution >= 0.6 is 28.1 Å². The van der Waals surface area contributed by atoms with Crippen LogP contribution in [0, 0.1) is 0 Å². The molecule has 58 heavy (non-hydrogen) atoms. The molecule has 0 aliphatic carbocycles. The van der Waals surface area contributed by atoms with E-state index in [0.717, 1.165) is 18.8 Å². The van der Waals surface area contributed by atoms with Crippen molar-refractivity contribution in [3.8, 4) is 0 Å². The van der Waals surface area contributed by atoms with E-state index in [1.807, 2.05) is 54.6 Å². The quantitative estimate of drug-likeness (QED) is 0.0518. The summed E-state index contributed by atoms with van der Waals surface area (Å²) >= 11 is 9.46. The van der Waals surface area contributed by atoms with Crippen LogP contribution in [0.15, 0.2) is 237 Å². The maximum atomic E-state index is 4.94. The Morgan fingerprint density at radius 1 is 0.448 bits per heavy atom. The Morgan fingerprint density at radius 3 is 0.862 bits per heavy atom. The van der Waals surface area contributed by atoms with Crippen LogP contribution in [0.4, 0.5) is 0 Å². The third-order valence-corrected chi connectivity index (χ3v) is 13.7. The zero-order valence-electron chi connectivity index (χ0n) is 32.1. The fourth-order valence-electron chi connectivity index (χ4n) is 5.70. The summed E-state index contributed by atoms with van der Waals surface area (Å²) in [5.74, 6) is 0. The zero-order chi connectivity index (χ0) is 38.9. The van der Waals surface area contributed by atoms with Crippen molar-refractivity contribution < 1.29 is 44.2 Å². The van der Waals surface area contributed by atoms with E-state index in [4.69, 9.17) is 29.6 Å². The van der Waals surface area contributed by atoms with Crippen LogP contribution in [0.3, 0.4) is 0 Å². The molecule has 1 heterocycles. The fourth-order valence-corrected chi connectivity index (χ4v) is 10.6. The molecule has 1 saturated heterocycles. The van der Waals surface area contributed by atoms with Crippen LogP contribution in [-0.2, 0) is 56.8 Å². The van der Waals surface area contributed by atoms with Crippen molar-refractivity contribution >= 4 is 76.7 Å². The number of benzene rings is 6. The maximum Gasteiger partial charge on any atom is 2.00 e. The molecule has 7 heteroatoms. The minimum absolute atomic E-state index is 0. The SMILES string of the molecule is C1CCOC1.S=C([S-])[c-]1cccc1.[Au+].[Fe+2].c1cc[cH-]c1.c1ccc(P(c2ccccc2)c2ccccc2)cc1.c1ccc(P(c2ccccc2)c2ccccc2)cc1. The van der Waals surface area contributed by atoms with E-state index in [2.05, 4.69) is 182 Å². The summed E-state index contributed by atoms with van der Waals surface area (Å²) in [7, 11) is -0.892. The van der Waals surface area contributed by atoms with Gasteiger partial charge in [0.25, 0.3) is 0 Å². The minimum Gasteiger partial charge on any atom is -0.441 e. The number of thiocarbonyl (C=S) groups is 1. The molecule has 0 saturated carbocycles. The molecule has 0 amide bonds. The first-order chi connectivity index (χ1) is 27.7. The van der Waals surface area contributed by atoms with Crippen molar-refractivity contribution in [3.63, 3.8) is 0 Å². The van der Waals surface area contributed by atoms with Crippen molar-refractivity contribution in [2.75, 3.05) is 13.2 Å². The van der Waals surface area contributed by atoms with Crippen molar-refractivity contribution in [3.05, 3.63) is 242 Å². The van der Waals surface area contributed by atoms with Crippen LogP contribution in [0.2, 0.25) is 0 Å². The van der Waals surface area contributed by atoms with Gasteiger partial charge in [0.15, 0.2) is 0 Å². The van der Waals surface area contributed by atoms with Gasteiger partial charge in [-0.05, 0) is 60.5 Å². The molecule has 8 aromatic rings. The fraction of sp³-hybridized carbons (Fsp3) is 0.0784. The summed E-state index contributed by atoms with van der Waals surface area (Å²) < 4.78 is 5.50. The third-order valence-electron chi connectivity index (χ3n) is 8.37. The molecule has 0 atom stereocenters. The second-order valence-electron chi connectivity index (χ2n) is 12.4. The monoisotopic (exact) mass is 1050 g/mol. The standard InChI is InChI=1S/2C18H15P.C6H5S2.C5H5.C4H8O.Au.Fe/c2*1-4-10-16(11-5-1)19(17-12-6-2-7-13-17)18-14-8-3-9-15-18;7-6(8)5-3-1-2-4-5;2*1-2-4-5-3-1;;/h2*1-15H;1-4H,(H,7,8);1-5H;1-4H2;;/q;;2*-1;;+1;+2/p-1. The Morgan fingerprint density at radius 2 is 0.707 bits per heavy atom. The molecule has 0 unspecified atom stereocenters. The number of rotatable bonds is 7. The van der Waals surface area contributed by atoms with Crippen molar-refractivity contribution in [1.29, 1.82) is 0 Å². The van der Waals surface area contributed by atoms with Gasteiger partial charge >= 0.3 is 39.4 Å². The van der Waals surface area contributed by atoms with Crippen molar-refractivity contribution in [2.45, 2.75) is 12.8 Å². The predicted octanol–water partition coefficient (Wildman–Crippen LogP) is 10.7. The first kappa shape index (κ1) is 48.8. The van der Waals surface area contributed by atoms with E-state index < -0.39 is 15.8 Å². The van der Waals surface area contributed by atoms with Gasteiger partial charge in [0.05, 0.1) is 0 Å². The van der Waals surface area contributed by atoms with Crippen molar-refractivity contribution in [2.24, 2.45) is 0 Å². The number of hydrogen-bond donors (Lipinski definition) is 0. The van der Waals surface area contributed by atoms with Gasteiger partial charge in [-0.1, -0.05) is 182 Å². The number of hydrogen-bond acceptors (Lipinski definition) is 3. The van der Waals surface area contributed by atoms with E-state index in [0.29, 0.717) is 4.20 Å².